The molecule has 5 rings (SSSR count). The third-order valence-corrected chi connectivity index (χ3v) is 6.61. The predicted molar refractivity (Wildman–Crippen MR) is 116 cm³/mol. The first-order valence-corrected chi connectivity index (χ1v) is 10.8. The van der Waals surface area contributed by atoms with Gasteiger partial charge in [0, 0.05) is 36.9 Å². The number of halogens is 1. The van der Waals surface area contributed by atoms with Crippen molar-refractivity contribution in [2.45, 2.75) is 43.9 Å². The summed E-state index contributed by atoms with van der Waals surface area (Å²) in [5.74, 6) is 0.532. The summed E-state index contributed by atoms with van der Waals surface area (Å²) in [5.41, 5.74) is 1.61. The molecule has 2 aromatic heterocycles. The van der Waals surface area contributed by atoms with Crippen molar-refractivity contribution in [3.05, 3.63) is 52.9 Å². The minimum absolute atomic E-state index is 0.148. The van der Waals surface area contributed by atoms with Crippen LogP contribution in [-0.2, 0) is 0 Å². The number of hydrogen-bond acceptors (Lipinski definition) is 6. The second-order valence-corrected chi connectivity index (χ2v) is 8.62. The number of ketones is 1. The van der Waals surface area contributed by atoms with Crippen LogP contribution < -0.4 is 5.32 Å². The fourth-order valence-corrected chi connectivity index (χ4v) is 4.83. The SMILES string of the molecule is O=C(c1ccccc1Cl)c1c[nH]c2ncnc(N[C@H]3CC[C@H](N4CC(O)C4)CC3)c12. The molecule has 156 valence electrons. The Morgan fingerprint density at radius 1 is 1.13 bits per heavy atom. The minimum atomic E-state index is -0.155. The van der Waals surface area contributed by atoms with Gasteiger partial charge in [0.05, 0.1) is 22.1 Å². The number of fused-ring (bicyclic) bond motifs is 1. The van der Waals surface area contributed by atoms with E-state index < -0.39 is 0 Å². The number of rotatable bonds is 5. The fourth-order valence-electron chi connectivity index (χ4n) is 4.61. The average molecular weight is 426 g/mol. The summed E-state index contributed by atoms with van der Waals surface area (Å²) < 4.78 is 0. The number of benzene rings is 1. The van der Waals surface area contributed by atoms with Crippen LogP contribution in [0, 0.1) is 0 Å². The average Bonchev–Trinajstić information content (AvgIpc) is 3.17. The quantitative estimate of drug-likeness (QED) is 0.543. The van der Waals surface area contributed by atoms with Crippen molar-refractivity contribution in [3.8, 4) is 0 Å². The molecule has 3 N–H and O–H groups in total. The molecule has 8 heteroatoms. The maximum Gasteiger partial charge on any atom is 0.196 e. The minimum Gasteiger partial charge on any atom is -0.390 e. The van der Waals surface area contributed by atoms with E-state index in [2.05, 4.69) is 25.2 Å². The highest BCUT2D eigenvalue weighted by Gasteiger charge is 2.33. The first-order chi connectivity index (χ1) is 14.6. The van der Waals surface area contributed by atoms with Crippen molar-refractivity contribution in [2.24, 2.45) is 0 Å². The van der Waals surface area contributed by atoms with Crippen LogP contribution in [-0.4, -0.2) is 62.0 Å². The molecule has 1 saturated carbocycles. The van der Waals surface area contributed by atoms with Gasteiger partial charge >= 0.3 is 0 Å². The molecule has 0 bridgehead atoms. The largest absolute Gasteiger partial charge is 0.390 e. The molecule has 1 aliphatic carbocycles. The third-order valence-electron chi connectivity index (χ3n) is 6.28. The zero-order chi connectivity index (χ0) is 20.7. The highest BCUT2D eigenvalue weighted by molar-refractivity contribution is 6.35. The lowest BCUT2D eigenvalue weighted by molar-refractivity contribution is -0.0337. The lowest BCUT2D eigenvalue weighted by Gasteiger charge is -2.44. The number of aliphatic hydroxyl groups excluding tert-OH is 1. The molecule has 0 atom stereocenters. The Bertz CT molecular complexity index is 1070. The number of β-amino-alcohol motifs (C(OH)–C–C–N with tert-alkyl or cyclic N) is 1. The number of H-pyrrole nitrogens is 1. The number of nitrogens with zero attached hydrogens (tertiary/aromatic N) is 3. The maximum absolute atomic E-state index is 13.2. The summed E-state index contributed by atoms with van der Waals surface area (Å²) in [6.07, 6.45) is 7.29. The summed E-state index contributed by atoms with van der Waals surface area (Å²) in [6.45, 7) is 1.60. The van der Waals surface area contributed by atoms with Crippen LogP contribution in [0.25, 0.3) is 11.0 Å². The molecule has 0 amide bonds. The number of hydrogen-bond donors (Lipinski definition) is 3. The number of aromatic nitrogens is 3. The van der Waals surface area contributed by atoms with E-state index in [0.717, 1.165) is 38.8 Å². The number of aliphatic hydroxyl groups is 1. The van der Waals surface area contributed by atoms with Crippen LogP contribution in [0.3, 0.4) is 0 Å². The molecule has 0 spiro atoms. The summed E-state index contributed by atoms with van der Waals surface area (Å²) in [6, 6.07) is 7.91. The van der Waals surface area contributed by atoms with Crippen molar-refractivity contribution >= 4 is 34.2 Å². The van der Waals surface area contributed by atoms with E-state index in [9.17, 15) is 9.90 Å². The molecular formula is C22H24ClN5O2. The van der Waals surface area contributed by atoms with Crippen LogP contribution in [0.1, 0.15) is 41.6 Å². The number of carbonyl (C=O) groups is 1. The van der Waals surface area contributed by atoms with Gasteiger partial charge in [0.1, 0.15) is 17.8 Å². The molecule has 1 saturated heterocycles. The summed E-state index contributed by atoms with van der Waals surface area (Å²) in [4.78, 5) is 27.4. The van der Waals surface area contributed by atoms with Gasteiger partial charge in [-0.3, -0.25) is 9.69 Å². The van der Waals surface area contributed by atoms with E-state index in [1.807, 2.05) is 6.07 Å². The maximum atomic E-state index is 13.2. The van der Waals surface area contributed by atoms with Gasteiger partial charge in [-0.2, -0.15) is 0 Å². The molecule has 0 radical (unpaired) electrons. The number of anilines is 1. The summed E-state index contributed by atoms with van der Waals surface area (Å²) in [7, 11) is 0. The Morgan fingerprint density at radius 2 is 1.90 bits per heavy atom. The van der Waals surface area contributed by atoms with E-state index in [0.29, 0.717) is 45.1 Å². The topological polar surface area (TPSA) is 94.1 Å². The zero-order valence-electron chi connectivity index (χ0n) is 16.5. The van der Waals surface area contributed by atoms with Crippen LogP contribution in [0.15, 0.2) is 36.8 Å². The summed E-state index contributed by atoms with van der Waals surface area (Å²) >= 11 is 6.25. The smallest absolute Gasteiger partial charge is 0.196 e. The fraction of sp³-hybridized carbons (Fsp3) is 0.409. The van der Waals surface area contributed by atoms with Crippen molar-refractivity contribution < 1.29 is 9.90 Å². The predicted octanol–water partition coefficient (Wildman–Crippen LogP) is 3.24. The zero-order valence-corrected chi connectivity index (χ0v) is 17.3. The Labute approximate surface area is 179 Å². The van der Waals surface area contributed by atoms with Crippen molar-refractivity contribution in [1.82, 2.24) is 19.9 Å². The Kier molecular flexibility index (Phi) is 5.18. The van der Waals surface area contributed by atoms with E-state index in [1.54, 1.807) is 24.4 Å². The molecule has 0 unspecified atom stereocenters. The molecule has 1 aromatic carbocycles. The Balaban J connectivity index is 1.36. The highest BCUT2D eigenvalue weighted by atomic mass is 35.5. The van der Waals surface area contributed by atoms with Crippen LogP contribution in [0.2, 0.25) is 5.02 Å². The van der Waals surface area contributed by atoms with E-state index in [1.165, 1.54) is 6.33 Å². The Morgan fingerprint density at radius 3 is 2.63 bits per heavy atom. The molecule has 2 fully saturated rings. The lowest BCUT2D eigenvalue weighted by atomic mass is 9.88. The number of carbonyl (C=O) groups excluding carboxylic acids is 1. The lowest BCUT2D eigenvalue weighted by Crippen LogP contribution is -2.56. The van der Waals surface area contributed by atoms with Crippen LogP contribution in [0.4, 0.5) is 5.82 Å². The third kappa shape index (κ3) is 3.57. The van der Waals surface area contributed by atoms with Crippen LogP contribution in [0.5, 0.6) is 0 Å². The standard InChI is InChI=1S/C22H24ClN5O2/c23-18-4-2-1-3-16(18)20(30)17-9-24-21-19(17)22(26-12-25-21)27-13-5-7-14(8-6-13)28-10-15(29)11-28/h1-4,9,12-15,29H,5-8,10-11H2,(H2,24,25,26,27)/t13-,14-. The van der Waals surface area contributed by atoms with Crippen LogP contribution >= 0.6 is 11.6 Å². The van der Waals surface area contributed by atoms with Gasteiger partial charge in [-0.05, 0) is 37.8 Å². The van der Waals surface area contributed by atoms with Gasteiger partial charge in [0.15, 0.2) is 5.78 Å². The number of aromatic amines is 1. The molecule has 2 aliphatic rings. The van der Waals surface area contributed by atoms with Gasteiger partial charge in [-0.15, -0.1) is 0 Å². The molecule has 7 nitrogen and oxygen atoms in total. The monoisotopic (exact) mass is 425 g/mol. The normalized spacial score (nSPS) is 22.7. The first kappa shape index (κ1) is 19.5. The number of likely N-dealkylation sites (tertiary alicyclic amines) is 1. The van der Waals surface area contributed by atoms with E-state index in [4.69, 9.17) is 11.6 Å². The van der Waals surface area contributed by atoms with Gasteiger partial charge in [0.2, 0.25) is 0 Å². The molecule has 3 heterocycles. The van der Waals surface area contributed by atoms with Crippen molar-refractivity contribution in [1.29, 1.82) is 0 Å². The number of nitrogens with one attached hydrogen (secondary N) is 2. The van der Waals surface area contributed by atoms with Crippen molar-refractivity contribution in [2.75, 3.05) is 18.4 Å². The summed E-state index contributed by atoms with van der Waals surface area (Å²) in [5, 5.41) is 14.2. The van der Waals surface area contributed by atoms with Gasteiger partial charge < -0.3 is 15.4 Å². The van der Waals surface area contributed by atoms with E-state index >= 15 is 0 Å². The van der Waals surface area contributed by atoms with Crippen molar-refractivity contribution in [3.63, 3.8) is 0 Å². The second kappa shape index (κ2) is 7.98. The Hall–Kier alpha value is -2.48. The molecule has 30 heavy (non-hydrogen) atoms. The van der Waals surface area contributed by atoms with Gasteiger partial charge in [-0.25, -0.2) is 9.97 Å². The van der Waals surface area contributed by atoms with E-state index in [-0.39, 0.29) is 11.9 Å². The van der Waals surface area contributed by atoms with Gasteiger partial charge in [-0.1, -0.05) is 23.7 Å². The first-order valence-electron chi connectivity index (χ1n) is 10.4. The molecular weight excluding hydrogens is 402 g/mol. The molecule has 1 aliphatic heterocycles. The molecule has 3 aromatic rings. The van der Waals surface area contributed by atoms with Gasteiger partial charge in [0.25, 0.3) is 0 Å². The second-order valence-electron chi connectivity index (χ2n) is 8.21. The highest BCUT2D eigenvalue weighted by Crippen LogP contribution is 2.31.